The second-order valence-corrected chi connectivity index (χ2v) is 14.1. The Hall–Kier alpha value is -2.45. The number of rotatable bonds is 36. The van der Waals surface area contributed by atoms with Crippen molar-refractivity contribution in [2.24, 2.45) is 5.92 Å². The lowest BCUT2D eigenvalue weighted by Crippen LogP contribution is -2.23. The molecule has 299 valence electrons. The third-order valence-electron chi connectivity index (χ3n) is 9.41. The second kappa shape index (κ2) is 35.6. The molecule has 1 radical (unpaired) electrons. The first-order valence-electron chi connectivity index (χ1n) is 21.2. The van der Waals surface area contributed by atoms with Gasteiger partial charge in [0, 0.05) is 32.0 Å². The van der Waals surface area contributed by atoms with Crippen LogP contribution in [0, 0.1) is 12.8 Å². The van der Waals surface area contributed by atoms with E-state index in [1.54, 1.807) is 12.4 Å². The number of hydrogen-bond acceptors (Lipinski definition) is 7. The van der Waals surface area contributed by atoms with Crippen molar-refractivity contribution in [3.63, 3.8) is 0 Å². The maximum absolute atomic E-state index is 12.7. The summed E-state index contributed by atoms with van der Waals surface area (Å²) in [7, 11) is 0. The lowest BCUT2D eigenvalue weighted by Gasteiger charge is -2.19. The van der Waals surface area contributed by atoms with Gasteiger partial charge in [-0.15, -0.1) is 0 Å². The molecule has 1 heterocycles. The van der Waals surface area contributed by atoms with E-state index >= 15 is 0 Å². The van der Waals surface area contributed by atoms with Gasteiger partial charge < -0.3 is 18.9 Å². The summed E-state index contributed by atoms with van der Waals surface area (Å²) in [5.74, 6) is 0.564. The third-order valence-corrected chi connectivity index (χ3v) is 9.41. The van der Waals surface area contributed by atoms with Gasteiger partial charge in [0.2, 0.25) is 0 Å². The minimum atomic E-state index is -0.415. The monoisotopic (exact) mass is 730 g/mol. The summed E-state index contributed by atoms with van der Waals surface area (Å²) >= 11 is 0. The Kier molecular flexibility index (Phi) is 32.5. The van der Waals surface area contributed by atoms with E-state index in [-0.39, 0.29) is 18.5 Å². The van der Waals surface area contributed by atoms with Crippen molar-refractivity contribution in [2.75, 3.05) is 19.8 Å². The highest BCUT2D eigenvalue weighted by molar-refractivity contribution is 5.70. The molecule has 0 aliphatic rings. The largest absolute Gasteiger partial charge is 0.466 e. The number of esters is 1. The van der Waals surface area contributed by atoms with Gasteiger partial charge in [-0.05, 0) is 83.0 Å². The number of imidazole rings is 1. The number of allylic oxidation sites excluding steroid dienone is 4. The van der Waals surface area contributed by atoms with Crippen LogP contribution in [0.3, 0.4) is 0 Å². The van der Waals surface area contributed by atoms with Gasteiger partial charge in [-0.3, -0.25) is 4.79 Å². The summed E-state index contributed by atoms with van der Waals surface area (Å²) < 4.78 is 25.0. The maximum Gasteiger partial charge on any atom is 0.419 e. The van der Waals surface area contributed by atoms with E-state index in [0.717, 1.165) is 83.0 Å². The molecule has 0 fully saturated rings. The molecule has 1 aromatic heterocycles. The molecule has 52 heavy (non-hydrogen) atoms. The van der Waals surface area contributed by atoms with E-state index < -0.39 is 12.4 Å². The van der Waals surface area contributed by atoms with Gasteiger partial charge in [-0.2, -0.15) is 0 Å². The lowest BCUT2D eigenvalue weighted by molar-refractivity contribution is -0.159. The van der Waals surface area contributed by atoms with Crippen LogP contribution >= 0.6 is 0 Å². The summed E-state index contributed by atoms with van der Waals surface area (Å²) in [5.41, 5.74) is 0. The molecule has 0 N–H and O–H groups in total. The molecule has 0 saturated heterocycles. The molecule has 0 aliphatic carbocycles. The van der Waals surface area contributed by atoms with E-state index in [4.69, 9.17) is 18.9 Å². The standard InChI is InChI=1S/C44H77N2O6/c1-5-9-13-15-17-24-36-50-43(51-37-25-18-16-14-10-6-2)33-32-42(47)49-38-26-31-41(52-44(48)46-35-34-45-39-46)30-23-19-22-29-40(27-20-11-7-3)28-21-12-8-4/h9-10,13-14,34-35,39-41,43H,3,5-8,11-12,15-33,36-38H2,1-2,4H3/b13-9-,14-10-. The molecular formula is C44H77N2O6. The molecule has 2 unspecified atom stereocenters. The predicted octanol–water partition coefficient (Wildman–Crippen LogP) is 12.5. The normalized spacial score (nSPS) is 12.5. The van der Waals surface area contributed by atoms with Crippen LogP contribution in [0.25, 0.3) is 0 Å². The Balaban J connectivity index is 2.51. The first-order chi connectivity index (χ1) is 25.5. The Morgan fingerprint density at radius 3 is 1.90 bits per heavy atom. The number of hydrogen-bond donors (Lipinski definition) is 0. The topological polar surface area (TPSA) is 88.9 Å². The van der Waals surface area contributed by atoms with E-state index in [1.807, 2.05) is 0 Å². The van der Waals surface area contributed by atoms with E-state index in [9.17, 15) is 9.59 Å². The summed E-state index contributed by atoms with van der Waals surface area (Å²) in [6.07, 6.45) is 38.3. The van der Waals surface area contributed by atoms with Gasteiger partial charge in [-0.1, -0.05) is 123 Å². The molecule has 0 aromatic carbocycles. The molecule has 8 nitrogen and oxygen atoms in total. The highest BCUT2D eigenvalue weighted by atomic mass is 16.7. The first-order valence-corrected chi connectivity index (χ1v) is 21.2. The van der Waals surface area contributed by atoms with Crippen molar-refractivity contribution in [1.82, 2.24) is 9.55 Å². The van der Waals surface area contributed by atoms with Gasteiger partial charge in [-0.25, -0.2) is 14.3 Å². The fourth-order valence-corrected chi connectivity index (χ4v) is 6.29. The Bertz CT molecular complexity index is 961. The van der Waals surface area contributed by atoms with Crippen molar-refractivity contribution >= 4 is 12.1 Å². The van der Waals surface area contributed by atoms with Crippen LogP contribution in [0.15, 0.2) is 43.0 Å². The quantitative estimate of drug-likeness (QED) is 0.0294. The van der Waals surface area contributed by atoms with Crippen LogP contribution in [0.1, 0.15) is 181 Å². The number of nitrogens with zero attached hydrogens (tertiary/aromatic N) is 2. The van der Waals surface area contributed by atoms with Crippen molar-refractivity contribution < 1.29 is 28.5 Å². The van der Waals surface area contributed by atoms with Gasteiger partial charge in [0.15, 0.2) is 6.29 Å². The van der Waals surface area contributed by atoms with Gasteiger partial charge in [0.05, 0.1) is 13.0 Å². The fourth-order valence-electron chi connectivity index (χ4n) is 6.29. The van der Waals surface area contributed by atoms with Gasteiger partial charge >= 0.3 is 12.1 Å². The van der Waals surface area contributed by atoms with Crippen LogP contribution < -0.4 is 0 Å². The van der Waals surface area contributed by atoms with Crippen molar-refractivity contribution in [3.8, 4) is 0 Å². The van der Waals surface area contributed by atoms with Crippen molar-refractivity contribution in [1.29, 1.82) is 0 Å². The minimum Gasteiger partial charge on any atom is -0.466 e. The zero-order valence-corrected chi connectivity index (χ0v) is 33.6. The molecule has 0 bridgehead atoms. The molecule has 0 aliphatic heterocycles. The first kappa shape index (κ1) is 47.6. The molecule has 8 heteroatoms. The molecule has 1 aromatic rings. The van der Waals surface area contributed by atoms with Gasteiger partial charge in [0.1, 0.15) is 12.4 Å². The predicted molar refractivity (Wildman–Crippen MR) is 214 cm³/mol. The number of unbranched alkanes of at least 4 members (excludes halogenated alkanes) is 10. The molecule has 1 rings (SSSR count). The van der Waals surface area contributed by atoms with Crippen LogP contribution in [0.2, 0.25) is 0 Å². The third kappa shape index (κ3) is 28.1. The zero-order valence-electron chi connectivity index (χ0n) is 33.6. The number of carbonyl (C=O) groups is 2. The van der Waals surface area contributed by atoms with Crippen LogP contribution in [0.4, 0.5) is 4.79 Å². The Morgan fingerprint density at radius 2 is 1.31 bits per heavy atom. The maximum atomic E-state index is 12.7. The number of carbonyl (C=O) groups excluding carboxylic acids is 2. The zero-order chi connectivity index (χ0) is 37.7. The minimum absolute atomic E-state index is 0.230. The molecular weight excluding hydrogens is 652 g/mol. The molecule has 0 saturated carbocycles. The SMILES string of the molecule is [CH2]CCCCC(CCCCC)CCCCCC(CCCOC(=O)CCC(OCCCC/C=C\CC)OCCCC/C=C\CC)OC(=O)n1ccnc1. The van der Waals surface area contributed by atoms with Crippen LogP contribution in [0.5, 0.6) is 0 Å². The van der Waals surface area contributed by atoms with E-state index in [1.165, 1.54) is 68.7 Å². The average Bonchev–Trinajstić information content (AvgIpc) is 3.70. The van der Waals surface area contributed by atoms with Gasteiger partial charge in [0.25, 0.3) is 0 Å². The number of ether oxygens (including phenoxy) is 4. The van der Waals surface area contributed by atoms with E-state index in [0.29, 0.717) is 39.1 Å². The smallest absolute Gasteiger partial charge is 0.419 e. The lowest BCUT2D eigenvalue weighted by atomic mass is 9.90. The summed E-state index contributed by atoms with van der Waals surface area (Å²) in [6.45, 7) is 12.1. The van der Waals surface area contributed by atoms with Crippen LogP contribution in [-0.2, 0) is 23.7 Å². The fraction of sp³-hybridized carbons (Fsp3) is 0.773. The van der Waals surface area contributed by atoms with Crippen molar-refractivity contribution in [3.05, 3.63) is 49.9 Å². The highest BCUT2D eigenvalue weighted by Gasteiger charge is 2.18. The van der Waals surface area contributed by atoms with Crippen molar-refractivity contribution in [2.45, 2.75) is 194 Å². The summed E-state index contributed by atoms with van der Waals surface area (Å²) in [5, 5.41) is 0. The Labute approximate surface area is 318 Å². The molecule has 0 spiro atoms. The average molecular weight is 730 g/mol. The summed E-state index contributed by atoms with van der Waals surface area (Å²) in [4.78, 5) is 29.4. The summed E-state index contributed by atoms with van der Waals surface area (Å²) in [6, 6.07) is 0. The van der Waals surface area contributed by atoms with Crippen LogP contribution in [-0.4, -0.2) is 53.8 Å². The molecule has 0 amide bonds. The highest BCUT2D eigenvalue weighted by Crippen LogP contribution is 2.24. The second-order valence-electron chi connectivity index (χ2n) is 14.1. The molecule has 2 atom stereocenters. The number of aromatic nitrogens is 2. The Morgan fingerprint density at radius 1 is 0.692 bits per heavy atom. The van der Waals surface area contributed by atoms with E-state index in [2.05, 4.69) is 57.0 Å².